The minimum Gasteiger partial charge on any atom is -0.481 e. The number of aliphatic hydroxyl groups excluding tert-OH is 1. The van der Waals surface area contributed by atoms with Crippen molar-refractivity contribution in [2.24, 2.45) is 35.0 Å². The number of hydrogen-bond acceptors (Lipinski definition) is 2. The van der Waals surface area contributed by atoms with Gasteiger partial charge in [0.15, 0.2) is 0 Å². The molecule has 3 heteroatoms. The van der Waals surface area contributed by atoms with Gasteiger partial charge in [-0.25, -0.2) is 0 Å². The SMILES string of the molecule is CCC(C)C(CCCC1CCC2CC(O)CCC2(C)C1)C(C)CCC(=O)O. The van der Waals surface area contributed by atoms with Gasteiger partial charge in [-0.05, 0) is 80.0 Å². The first-order valence-electron chi connectivity index (χ1n) is 11.6. The van der Waals surface area contributed by atoms with Gasteiger partial charge in [0.05, 0.1) is 6.10 Å². The average molecular weight is 381 g/mol. The molecule has 2 aliphatic rings. The third-order valence-electron chi connectivity index (χ3n) is 8.34. The van der Waals surface area contributed by atoms with Crippen molar-refractivity contribution in [2.45, 2.75) is 111 Å². The zero-order valence-corrected chi connectivity index (χ0v) is 18.3. The van der Waals surface area contributed by atoms with Crippen molar-refractivity contribution < 1.29 is 15.0 Å². The van der Waals surface area contributed by atoms with E-state index in [1.54, 1.807) is 0 Å². The maximum atomic E-state index is 10.9. The van der Waals surface area contributed by atoms with Crippen LogP contribution in [0.4, 0.5) is 0 Å². The topological polar surface area (TPSA) is 57.5 Å². The summed E-state index contributed by atoms with van der Waals surface area (Å²) in [5, 5.41) is 19.0. The molecule has 2 saturated carbocycles. The molecule has 7 atom stereocenters. The lowest BCUT2D eigenvalue weighted by atomic mass is 9.57. The van der Waals surface area contributed by atoms with E-state index in [0.717, 1.165) is 31.1 Å². The molecule has 0 radical (unpaired) electrons. The van der Waals surface area contributed by atoms with Crippen LogP contribution >= 0.6 is 0 Å². The lowest BCUT2D eigenvalue weighted by molar-refractivity contribution is -0.137. The smallest absolute Gasteiger partial charge is 0.303 e. The largest absolute Gasteiger partial charge is 0.481 e. The van der Waals surface area contributed by atoms with Crippen LogP contribution in [0, 0.1) is 35.0 Å². The van der Waals surface area contributed by atoms with Crippen molar-refractivity contribution in [1.82, 2.24) is 0 Å². The Morgan fingerprint density at radius 3 is 2.56 bits per heavy atom. The molecule has 0 amide bonds. The summed E-state index contributed by atoms with van der Waals surface area (Å²) in [5.41, 5.74) is 0.465. The Hall–Kier alpha value is -0.570. The van der Waals surface area contributed by atoms with Crippen molar-refractivity contribution in [3.05, 3.63) is 0 Å². The molecule has 0 aromatic rings. The molecule has 0 aliphatic heterocycles. The molecule has 0 saturated heterocycles. The van der Waals surface area contributed by atoms with Crippen LogP contribution in [0.3, 0.4) is 0 Å². The standard InChI is InChI=1S/C24H44O3/c1-5-17(2)22(18(3)9-12-23(26)27)8-6-7-19-10-11-20-15-21(25)13-14-24(20,4)16-19/h17-22,25H,5-16H2,1-4H3,(H,26,27). The van der Waals surface area contributed by atoms with Gasteiger partial charge in [0, 0.05) is 6.42 Å². The molecule has 7 unspecified atom stereocenters. The number of carboxylic acid groups (broad SMARTS) is 1. The highest BCUT2D eigenvalue weighted by Crippen LogP contribution is 2.52. The lowest BCUT2D eigenvalue weighted by Gasteiger charge is -2.49. The number of carbonyl (C=O) groups is 1. The molecule has 2 fully saturated rings. The second kappa shape index (κ2) is 10.3. The van der Waals surface area contributed by atoms with Crippen LogP contribution in [0.15, 0.2) is 0 Å². The summed E-state index contributed by atoms with van der Waals surface area (Å²) < 4.78 is 0. The van der Waals surface area contributed by atoms with Crippen molar-refractivity contribution in [2.75, 3.05) is 0 Å². The quantitative estimate of drug-likeness (QED) is 0.468. The second-order valence-electron chi connectivity index (χ2n) is 10.3. The van der Waals surface area contributed by atoms with Crippen LogP contribution < -0.4 is 0 Å². The molecular formula is C24H44O3. The highest BCUT2D eigenvalue weighted by molar-refractivity contribution is 5.66. The molecule has 0 aromatic heterocycles. The monoisotopic (exact) mass is 380 g/mol. The fraction of sp³-hybridized carbons (Fsp3) is 0.958. The predicted molar refractivity (Wildman–Crippen MR) is 112 cm³/mol. The molecule has 3 nitrogen and oxygen atoms in total. The Morgan fingerprint density at radius 1 is 1.15 bits per heavy atom. The van der Waals surface area contributed by atoms with Gasteiger partial charge in [0.25, 0.3) is 0 Å². The molecule has 0 spiro atoms. The minimum atomic E-state index is -0.660. The predicted octanol–water partition coefficient (Wildman–Crippen LogP) is 6.29. The van der Waals surface area contributed by atoms with E-state index in [2.05, 4.69) is 27.7 Å². The first-order chi connectivity index (χ1) is 12.7. The summed E-state index contributed by atoms with van der Waals surface area (Å²) in [5.74, 6) is 2.78. The molecule has 0 bridgehead atoms. The first kappa shape index (κ1) is 22.7. The van der Waals surface area contributed by atoms with Crippen LogP contribution in [0.2, 0.25) is 0 Å². The summed E-state index contributed by atoms with van der Waals surface area (Å²) in [4.78, 5) is 10.9. The molecule has 0 aromatic carbocycles. The summed E-state index contributed by atoms with van der Waals surface area (Å²) in [7, 11) is 0. The number of aliphatic hydroxyl groups is 1. The van der Waals surface area contributed by atoms with E-state index in [-0.39, 0.29) is 6.10 Å². The average Bonchev–Trinajstić information content (AvgIpc) is 2.63. The van der Waals surface area contributed by atoms with Crippen molar-refractivity contribution >= 4 is 5.97 Å². The number of rotatable bonds is 10. The van der Waals surface area contributed by atoms with Crippen LogP contribution in [0.25, 0.3) is 0 Å². The van der Waals surface area contributed by atoms with Crippen LogP contribution in [0.1, 0.15) is 105 Å². The zero-order chi connectivity index (χ0) is 20.0. The summed E-state index contributed by atoms with van der Waals surface area (Å²) in [6, 6.07) is 0. The van der Waals surface area contributed by atoms with E-state index in [4.69, 9.17) is 5.11 Å². The highest BCUT2D eigenvalue weighted by Gasteiger charge is 2.43. The fourth-order valence-corrected chi connectivity index (χ4v) is 6.25. The molecule has 0 heterocycles. The molecular weight excluding hydrogens is 336 g/mol. The van der Waals surface area contributed by atoms with Gasteiger partial charge in [-0.15, -0.1) is 0 Å². The number of aliphatic carboxylic acids is 1. The summed E-state index contributed by atoms with van der Waals surface area (Å²) >= 11 is 0. The highest BCUT2D eigenvalue weighted by atomic mass is 16.4. The van der Waals surface area contributed by atoms with Crippen molar-refractivity contribution in [1.29, 1.82) is 0 Å². The Labute approximate surface area is 167 Å². The van der Waals surface area contributed by atoms with Gasteiger partial charge in [0.2, 0.25) is 0 Å². The molecule has 2 aliphatic carbocycles. The number of hydrogen-bond donors (Lipinski definition) is 2. The van der Waals surface area contributed by atoms with Gasteiger partial charge >= 0.3 is 5.97 Å². The number of carboxylic acids is 1. The van der Waals surface area contributed by atoms with Crippen LogP contribution in [-0.2, 0) is 4.79 Å². The molecule has 2 rings (SSSR count). The van der Waals surface area contributed by atoms with Gasteiger partial charge < -0.3 is 10.2 Å². The summed E-state index contributed by atoms with van der Waals surface area (Å²) in [6.45, 7) is 9.35. The molecule has 2 N–H and O–H groups in total. The van der Waals surface area contributed by atoms with E-state index < -0.39 is 5.97 Å². The maximum Gasteiger partial charge on any atom is 0.303 e. The minimum absolute atomic E-state index is 0.0526. The fourth-order valence-electron chi connectivity index (χ4n) is 6.25. The lowest BCUT2D eigenvalue weighted by Crippen LogP contribution is -2.41. The third-order valence-corrected chi connectivity index (χ3v) is 8.34. The Morgan fingerprint density at radius 2 is 1.89 bits per heavy atom. The molecule has 27 heavy (non-hydrogen) atoms. The Kier molecular flexibility index (Phi) is 8.65. The van der Waals surface area contributed by atoms with Gasteiger partial charge in [-0.2, -0.15) is 0 Å². The zero-order valence-electron chi connectivity index (χ0n) is 18.3. The van der Waals surface area contributed by atoms with Gasteiger partial charge in [-0.3, -0.25) is 4.79 Å². The van der Waals surface area contributed by atoms with Crippen LogP contribution in [-0.4, -0.2) is 22.3 Å². The van der Waals surface area contributed by atoms with Gasteiger partial charge in [-0.1, -0.05) is 53.4 Å². The maximum absolute atomic E-state index is 10.9. The van der Waals surface area contributed by atoms with Crippen molar-refractivity contribution in [3.8, 4) is 0 Å². The van der Waals surface area contributed by atoms with E-state index in [0.29, 0.717) is 29.6 Å². The van der Waals surface area contributed by atoms with Crippen molar-refractivity contribution in [3.63, 3.8) is 0 Å². The van der Waals surface area contributed by atoms with Gasteiger partial charge in [0.1, 0.15) is 0 Å². The first-order valence-corrected chi connectivity index (χ1v) is 11.6. The number of fused-ring (bicyclic) bond motifs is 1. The Bertz CT molecular complexity index is 463. The van der Waals surface area contributed by atoms with E-state index >= 15 is 0 Å². The normalized spacial score (nSPS) is 34.5. The van der Waals surface area contributed by atoms with E-state index in [1.807, 2.05) is 0 Å². The second-order valence-corrected chi connectivity index (χ2v) is 10.3. The summed E-state index contributed by atoms with van der Waals surface area (Å²) in [6.07, 6.45) is 13.4. The van der Waals surface area contributed by atoms with Crippen LogP contribution in [0.5, 0.6) is 0 Å². The van der Waals surface area contributed by atoms with E-state index in [9.17, 15) is 9.90 Å². The Balaban J connectivity index is 1.81. The van der Waals surface area contributed by atoms with E-state index in [1.165, 1.54) is 51.4 Å². The third kappa shape index (κ3) is 6.48. The molecule has 158 valence electrons.